The molecule has 42 heavy (non-hydrogen) atoms. The topological polar surface area (TPSA) is 69.0 Å². The lowest BCUT2D eigenvalue weighted by molar-refractivity contribution is 0.158. The maximum absolute atomic E-state index is 14.2. The molecule has 8 rings (SSSR count). The van der Waals surface area contributed by atoms with Gasteiger partial charge in [0.15, 0.2) is 23.0 Å². The lowest BCUT2D eigenvalue weighted by atomic mass is 9.81. The number of rotatable bonds is 4. The fourth-order valence-electron chi connectivity index (χ4n) is 6.73. The molecule has 4 aromatic carbocycles. The van der Waals surface area contributed by atoms with Crippen molar-refractivity contribution in [1.29, 1.82) is 0 Å². The third kappa shape index (κ3) is 4.16. The summed E-state index contributed by atoms with van der Waals surface area (Å²) in [6, 6.07) is 20.9. The SMILES string of the molecule is COc1cc(-c2nc3ccccc3n2Cc2cccc(F)c2)c2c(c1O)CN1CCc3cc4c(cc3C1C2)OCO4.Cl. The van der Waals surface area contributed by atoms with E-state index in [1.807, 2.05) is 36.4 Å². The number of aromatic nitrogens is 2. The van der Waals surface area contributed by atoms with Crippen molar-refractivity contribution in [3.05, 3.63) is 100 Å². The highest BCUT2D eigenvalue weighted by atomic mass is 35.5. The van der Waals surface area contributed by atoms with Crippen molar-refractivity contribution in [2.75, 3.05) is 20.4 Å². The summed E-state index contributed by atoms with van der Waals surface area (Å²) in [5.74, 6) is 2.68. The van der Waals surface area contributed by atoms with Crippen molar-refractivity contribution >= 4 is 23.4 Å². The van der Waals surface area contributed by atoms with Gasteiger partial charge in [-0.2, -0.15) is 0 Å². The zero-order valence-electron chi connectivity index (χ0n) is 23.0. The van der Waals surface area contributed by atoms with Crippen LogP contribution in [0.4, 0.5) is 4.39 Å². The largest absolute Gasteiger partial charge is 0.504 e. The molecule has 1 N–H and O–H groups in total. The minimum atomic E-state index is -0.269. The number of hydrogen-bond donors (Lipinski definition) is 1. The molecule has 0 radical (unpaired) electrons. The minimum absolute atomic E-state index is 0. The predicted octanol–water partition coefficient (Wildman–Crippen LogP) is 6.41. The Bertz CT molecular complexity index is 1860. The minimum Gasteiger partial charge on any atom is -0.504 e. The third-order valence-electron chi connectivity index (χ3n) is 8.69. The van der Waals surface area contributed by atoms with Crippen molar-refractivity contribution in [2.24, 2.45) is 0 Å². The second-order valence-corrected chi connectivity index (χ2v) is 10.9. The number of aromatic hydroxyl groups is 1. The Hall–Kier alpha value is -4.27. The van der Waals surface area contributed by atoms with Crippen LogP contribution >= 0.6 is 12.4 Å². The molecule has 3 aliphatic rings. The van der Waals surface area contributed by atoms with Crippen molar-refractivity contribution < 1.29 is 23.7 Å². The predicted molar refractivity (Wildman–Crippen MR) is 159 cm³/mol. The molecule has 9 heteroatoms. The number of benzene rings is 4. The smallest absolute Gasteiger partial charge is 0.231 e. The van der Waals surface area contributed by atoms with E-state index >= 15 is 0 Å². The van der Waals surface area contributed by atoms with Crippen molar-refractivity contribution in [3.63, 3.8) is 0 Å². The van der Waals surface area contributed by atoms with Gasteiger partial charge in [0.25, 0.3) is 0 Å². The maximum Gasteiger partial charge on any atom is 0.231 e. The van der Waals surface area contributed by atoms with Crippen molar-refractivity contribution in [1.82, 2.24) is 14.5 Å². The maximum atomic E-state index is 14.2. The quantitative estimate of drug-likeness (QED) is 0.263. The number of imidazole rings is 1. The molecule has 0 amide bonds. The second-order valence-electron chi connectivity index (χ2n) is 10.9. The number of nitrogens with zero attached hydrogens (tertiary/aromatic N) is 3. The fourth-order valence-corrected chi connectivity index (χ4v) is 6.73. The molecule has 0 saturated heterocycles. The highest BCUT2D eigenvalue weighted by molar-refractivity contribution is 5.85. The van der Waals surface area contributed by atoms with Crippen LogP contribution in [0.1, 0.15) is 33.9 Å². The van der Waals surface area contributed by atoms with E-state index in [0.29, 0.717) is 25.3 Å². The van der Waals surface area contributed by atoms with Crippen LogP contribution < -0.4 is 14.2 Å². The lowest BCUT2D eigenvalue weighted by Gasteiger charge is -2.42. The van der Waals surface area contributed by atoms with Crippen LogP contribution in [0.3, 0.4) is 0 Å². The van der Waals surface area contributed by atoms with Gasteiger partial charge in [-0.25, -0.2) is 9.37 Å². The molecule has 3 aliphatic heterocycles. The number of fused-ring (bicyclic) bond motifs is 6. The monoisotopic (exact) mass is 585 g/mol. The Balaban J connectivity index is 0.00000288. The highest BCUT2D eigenvalue weighted by Gasteiger charge is 2.37. The standard InChI is InChI=1S/C33H28FN3O4.ClH/c1-39-31-15-24(33-35-26-7-2-3-8-27(26)37(33)16-19-5-4-6-21(34)11-19)23-13-28-22-14-30-29(40-18-41-30)12-20(22)9-10-36(28)17-25(23)32(31)38;/h2-8,11-12,14-15,28,38H,9-10,13,16-18H2,1H3;1H. The zero-order valence-corrected chi connectivity index (χ0v) is 23.8. The molecule has 0 fully saturated rings. The van der Waals surface area contributed by atoms with Gasteiger partial charge >= 0.3 is 0 Å². The van der Waals surface area contributed by atoms with E-state index in [4.69, 9.17) is 19.2 Å². The van der Waals surface area contributed by atoms with Gasteiger partial charge in [0.2, 0.25) is 6.79 Å². The number of para-hydroxylation sites is 2. The van der Waals surface area contributed by atoms with Crippen LogP contribution in [0.15, 0.2) is 66.7 Å². The van der Waals surface area contributed by atoms with Gasteiger partial charge < -0.3 is 23.9 Å². The van der Waals surface area contributed by atoms with Gasteiger partial charge in [-0.05, 0) is 77.6 Å². The molecule has 7 nitrogen and oxygen atoms in total. The van der Waals surface area contributed by atoms with Gasteiger partial charge in [-0.3, -0.25) is 4.90 Å². The Morgan fingerprint density at radius 1 is 1.02 bits per heavy atom. The van der Waals surface area contributed by atoms with Crippen molar-refractivity contribution in [2.45, 2.75) is 32.0 Å². The van der Waals surface area contributed by atoms with Crippen molar-refractivity contribution in [3.8, 4) is 34.4 Å². The van der Waals surface area contributed by atoms with E-state index in [1.165, 1.54) is 17.2 Å². The van der Waals surface area contributed by atoms with E-state index < -0.39 is 0 Å². The molecule has 214 valence electrons. The zero-order chi connectivity index (χ0) is 27.7. The van der Waals surface area contributed by atoms with E-state index in [2.05, 4.69) is 21.6 Å². The number of ether oxygens (including phenoxy) is 3. The van der Waals surface area contributed by atoms with Crippen LogP contribution in [0.25, 0.3) is 22.4 Å². The van der Waals surface area contributed by atoms with Crippen LogP contribution in [-0.4, -0.2) is 40.0 Å². The summed E-state index contributed by atoms with van der Waals surface area (Å²) < 4.78 is 33.4. The summed E-state index contributed by atoms with van der Waals surface area (Å²) in [6.07, 6.45) is 1.59. The first-order chi connectivity index (χ1) is 20.1. The molecule has 0 saturated carbocycles. The van der Waals surface area contributed by atoms with Crippen LogP contribution in [0.2, 0.25) is 0 Å². The molecule has 1 aromatic heterocycles. The average Bonchev–Trinajstić information content (AvgIpc) is 3.60. The van der Waals surface area contributed by atoms with Crippen LogP contribution in [0, 0.1) is 5.82 Å². The lowest BCUT2D eigenvalue weighted by Crippen LogP contribution is -2.39. The second kappa shape index (κ2) is 10.2. The molecule has 5 aromatic rings. The highest BCUT2D eigenvalue weighted by Crippen LogP contribution is 2.49. The van der Waals surface area contributed by atoms with Gasteiger partial charge in [0.1, 0.15) is 11.6 Å². The first-order valence-electron chi connectivity index (χ1n) is 13.9. The molecule has 4 heterocycles. The summed E-state index contributed by atoms with van der Waals surface area (Å²) in [5, 5.41) is 11.3. The summed E-state index contributed by atoms with van der Waals surface area (Å²) >= 11 is 0. The van der Waals surface area contributed by atoms with E-state index in [9.17, 15) is 9.50 Å². The summed E-state index contributed by atoms with van der Waals surface area (Å²) in [7, 11) is 1.58. The Labute approximate surface area is 248 Å². The van der Waals surface area contributed by atoms with E-state index in [0.717, 1.165) is 63.6 Å². The summed E-state index contributed by atoms with van der Waals surface area (Å²) in [5.41, 5.74) is 7.99. The molecule has 0 bridgehead atoms. The molecular weight excluding hydrogens is 557 g/mol. The molecule has 1 unspecified atom stereocenters. The van der Waals surface area contributed by atoms with Gasteiger partial charge in [-0.15, -0.1) is 12.4 Å². The number of phenolic OH excluding ortho intramolecular Hbond substituents is 1. The van der Waals surface area contributed by atoms with E-state index in [1.54, 1.807) is 19.2 Å². The molecule has 1 atom stereocenters. The van der Waals surface area contributed by atoms with Gasteiger partial charge in [0.05, 0.1) is 18.1 Å². The van der Waals surface area contributed by atoms with Gasteiger partial charge in [-0.1, -0.05) is 24.3 Å². The normalized spacial score (nSPS) is 16.9. The number of halogens is 2. The number of hydrogen-bond acceptors (Lipinski definition) is 6. The Morgan fingerprint density at radius 3 is 2.69 bits per heavy atom. The Kier molecular flexibility index (Phi) is 6.48. The molecular formula is C33H29ClFN3O4. The first kappa shape index (κ1) is 26.6. The first-order valence-corrected chi connectivity index (χ1v) is 13.9. The Morgan fingerprint density at radius 2 is 1.86 bits per heavy atom. The molecule has 0 aliphatic carbocycles. The average molecular weight is 586 g/mol. The van der Waals surface area contributed by atoms with Crippen LogP contribution in [-0.2, 0) is 25.9 Å². The van der Waals surface area contributed by atoms with E-state index in [-0.39, 0.29) is 36.8 Å². The fraction of sp³-hybridized carbons (Fsp3) is 0.242. The summed E-state index contributed by atoms with van der Waals surface area (Å²) in [6.45, 7) is 2.16. The van der Waals surface area contributed by atoms with Gasteiger partial charge in [0, 0.05) is 36.8 Å². The summed E-state index contributed by atoms with van der Waals surface area (Å²) in [4.78, 5) is 7.51. The number of phenols is 1. The number of methoxy groups -OCH3 is 1. The third-order valence-corrected chi connectivity index (χ3v) is 8.69. The van der Waals surface area contributed by atoms with Crippen LogP contribution in [0.5, 0.6) is 23.0 Å². The molecule has 0 spiro atoms.